The Balaban J connectivity index is 1.54. The van der Waals surface area contributed by atoms with Crippen molar-refractivity contribution >= 4 is 33.8 Å². The molecule has 4 nitrogen and oxygen atoms in total. The minimum atomic E-state index is 0.637. The number of aryl methyl sites for hydroxylation is 1. The lowest BCUT2D eigenvalue weighted by atomic mass is 10.1. The normalized spacial score (nSPS) is 18.5. The van der Waals surface area contributed by atoms with Gasteiger partial charge in [0.25, 0.3) is 0 Å². The molecule has 0 bridgehead atoms. The number of rotatable bonds is 4. The van der Waals surface area contributed by atoms with E-state index in [9.17, 15) is 0 Å². The van der Waals surface area contributed by atoms with Crippen LogP contribution in [0.2, 0.25) is 5.02 Å². The third-order valence-corrected chi connectivity index (χ3v) is 4.56. The van der Waals surface area contributed by atoms with Gasteiger partial charge in [0.05, 0.1) is 0 Å². The number of halogens is 1. The Labute approximate surface area is 127 Å². The minimum absolute atomic E-state index is 0.637. The van der Waals surface area contributed by atoms with Gasteiger partial charge in [0.15, 0.2) is 0 Å². The van der Waals surface area contributed by atoms with Crippen LogP contribution in [-0.4, -0.2) is 29.8 Å². The van der Waals surface area contributed by atoms with Crippen LogP contribution in [0.5, 0.6) is 0 Å². The molecule has 2 heterocycles. The summed E-state index contributed by atoms with van der Waals surface area (Å²) in [5.74, 6) is 0.637. The molecule has 1 aromatic carbocycles. The molecule has 0 aliphatic carbocycles. The molecule has 0 spiro atoms. The molecule has 0 radical (unpaired) electrons. The van der Waals surface area contributed by atoms with Crippen molar-refractivity contribution in [2.75, 3.05) is 29.9 Å². The van der Waals surface area contributed by atoms with E-state index in [1.165, 1.54) is 12.1 Å². The van der Waals surface area contributed by atoms with E-state index in [4.69, 9.17) is 11.6 Å². The largest absolute Gasteiger partial charge is 0.371 e. The first-order valence-corrected chi connectivity index (χ1v) is 7.94. The van der Waals surface area contributed by atoms with Crippen LogP contribution in [-0.2, 0) is 0 Å². The fourth-order valence-electron chi connectivity index (χ4n) is 2.51. The van der Waals surface area contributed by atoms with Gasteiger partial charge in [0, 0.05) is 30.3 Å². The van der Waals surface area contributed by atoms with Gasteiger partial charge in [-0.15, -0.1) is 10.2 Å². The van der Waals surface area contributed by atoms with Crippen LogP contribution in [0.25, 0.3) is 0 Å². The fraction of sp³-hybridized carbons (Fsp3) is 0.429. The molecular weight excluding hydrogens is 292 g/mol. The predicted molar refractivity (Wildman–Crippen MR) is 84.9 cm³/mol. The molecule has 1 atom stereocenters. The van der Waals surface area contributed by atoms with E-state index in [-0.39, 0.29) is 0 Å². The topological polar surface area (TPSA) is 41.1 Å². The van der Waals surface area contributed by atoms with Crippen LogP contribution in [0.1, 0.15) is 11.4 Å². The quantitative estimate of drug-likeness (QED) is 0.939. The van der Waals surface area contributed by atoms with Crippen molar-refractivity contribution in [3.63, 3.8) is 0 Å². The number of anilines is 2. The summed E-state index contributed by atoms with van der Waals surface area (Å²) in [6, 6.07) is 8.08. The standard InChI is InChI=1S/C14H17ClN4S/c1-10-17-18-14(20-10)16-8-11-5-6-19(9-11)13-4-2-3-12(15)7-13/h2-4,7,11H,5-6,8-9H2,1H3,(H,16,18). The maximum Gasteiger partial charge on any atom is 0.205 e. The maximum absolute atomic E-state index is 6.05. The number of hydrogen-bond donors (Lipinski definition) is 1. The molecule has 20 heavy (non-hydrogen) atoms. The van der Waals surface area contributed by atoms with Crippen LogP contribution >= 0.6 is 22.9 Å². The molecule has 0 amide bonds. The summed E-state index contributed by atoms with van der Waals surface area (Å²) in [4.78, 5) is 2.39. The van der Waals surface area contributed by atoms with Crippen LogP contribution in [0.3, 0.4) is 0 Å². The highest BCUT2D eigenvalue weighted by Gasteiger charge is 2.22. The molecule has 106 valence electrons. The first-order chi connectivity index (χ1) is 9.70. The predicted octanol–water partition coefficient (Wildman–Crippen LogP) is 3.44. The van der Waals surface area contributed by atoms with Crippen LogP contribution in [0.4, 0.5) is 10.8 Å². The highest BCUT2D eigenvalue weighted by atomic mass is 35.5. The lowest BCUT2D eigenvalue weighted by molar-refractivity contribution is 0.622. The Bertz CT molecular complexity index is 586. The Morgan fingerprint density at radius 2 is 2.35 bits per heavy atom. The van der Waals surface area contributed by atoms with Crippen LogP contribution in [0, 0.1) is 12.8 Å². The smallest absolute Gasteiger partial charge is 0.205 e. The molecule has 6 heteroatoms. The highest BCUT2D eigenvalue weighted by Crippen LogP contribution is 2.26. The van der Waals surface area contributed by atoms with Gasteiger partial charge in [0.2, 0.25) is 5.13 Å². The van der Waals surface area contributed by atoms with Gasteiger partial charge in [-0.1, -0.05) is 29.0 Å². The molecule has 1 aliphatic heterocycles. The van der Waals surface area contributed by atoms with Gasteiger partial charge in [-0.3, -0.25) is 0 Å². The van der Waals surface area contributed by atoms with Crippen molar-refractivity contribution in [3.05, 3.63) is 34.3 Å². The van der Waals surface area contributed by atoms with E-state index in [1.54, 1.807) is 11.3 Å². The summed E-state index contributed by atoms with van der Waals surface area (Å²) in [6.07, 6.45) is 1.19. The first-order valence-electron chi connectivity index (χ1n) is 6.75. The summed E-state index contributed by atoms with van der Waals surface area (Å²) < 4.78 is 0. The van der Waals surface area contributed by atoms with Crippen molar-refractivity contribution in [3.8, 4) is 0 Å². The van der Waals surface area contributed by atoms with E-state index in [0.717, 1.165) is 34.8 Å². The summed E-state index contributed by atoms with van der Waals surface area (Å²) in [6.45, 7) is 5.07. The lowest BCUT2D eigenvalue weighted by Crippen LogP contribution is -2.22. The molecule has 1 saturated heterocycles. The zero-order chi connectivity index (χ0) is 13.9. The molecule has 1 aliphatic rings. The number of nitrogens with zero attached hydrogens (tertiary/aromatic N) is 3. The van der Waals surface area contributed by atoms with Gasteiger partial charge in [-0.2, -0.15) is 0 Å². The summed E-state index contributed by atoms with van der Waals surface area (Å²) in [5, 5.41) is 14.2. The Morgan fingerprint density at radius 1 is 1.45 bits per heavy atom. The summed E-state index contributed by atoms with van der Waals surface area (Å²) >= 11 is 7.66. The van der Waals surface area contributed by atoms with E-state index >= 15 is 0 Å². The number of benzene rings is 1. The summed E-state index contributed by atoms with van der Waals surface area (Å²) in [5.41, 5.74) is 1.21. The second-order valence-corrected chi connectivity index (χ2v) is 6.71. The minimum Gasteiger partial charge on any atom is -0.371 e. The van der Waals surface area contributed by atoms with Crippen LogP contribution in [0.15, 0.2) is 24.3 Å². The highest BCUT2D eigenvalue weighted by molar-refractivity contribution is 7.15. The fourth-order valence-corrected chi connectivity index (χ4v) is 3.29. The van der Waals surface area contributed by atoms with E-state index < -0.39 is 0 Å². The van der Waals surface area contributed by atoms with Gasteiger partial charge in [-0.05, 0) is 37.5 Å². The number of nitrogens with one attached hydrogen (secondary N) is 1. The molecule has 2 aromatic rings. The average Bonchev–Trinajstić information content (AvgIpc) is 3.05. The van der Waals surface area contributed by atoms with Crippen molar-refractivity contribution in [1.82, 2.24) is 10.2 Å². The van der Waals surface area contributed by atoms with Gasteiger partial charge in [0.1, 0.15) is 5.01 Å². The zero-order valence-corrected chi connectivity index (χ0v) is 12.9. The van der Waals surface area contributed by atoms with Gasteiger partial charge >= 0.3 is 0 Å². The Hall–Kier alpha value is -1.33. The Kier molecular flexibility index (Phi) is 4.08. The molecular formula is C14H17ClN4S. The van der Waals surface area contributed by atoms with Crippen molar-refractivity contribution in [2.45, 2.75) is 13.3 Å². The second-order valence-electron chi connectivity index (χ2n) is 5.09. The third kappa shape index (κ3) is 3.22. The lowest BCUT2D eigenvalue weighted by Gasteiger charge is -2.19. The first kappa shape index (κ1) is 13.6. The zero-order valence-electron chi connectivity index (χ0n) is 11.3. The molecule has 3 rings (SSSR count). The summed E-state index contributed by atoms with van der Waals surface area (Å²) in [7, 11) is 0. The number of aromatic nitrogens is 2. The maximum atomic E-state index is 6.05. The average molecular weight is 309 g/mol. The monoisotopic (exact) mass is 308 g/mol. The second kappa shape index (κ2) is 5.97. The molecule has 1 fully saturated rings. The molecule has 1 aromatic heterocycles. The van der Waals surface area contributed by atoms with Crippen molar-refractivity contribution in [2.24, 2.45) is 5.92 Å². The van der Waals surface area contributed by atoms with E-state index in [1.807, 2.05) is 25.1 Å². The van der Waals surface area contributed by atoms with Gasteiger partial charge in [-0.25, -0.2) is 0 Å². The molecule has 1 N–H and O–H groups in total. The number of hydrogen-bond acceptors (Lipinski definition) is 5. The Morgan fingerprint density at radius 3 is 3.10 bits per heavy atom. The third-order valence-electron chi connectivity index (χ3n) is 3.53. The van der Waals surface area contributed by atoms with Gasteiger partial charge < -0.3 is 10.2 Å². The van der Waals surface area contributed by atoms with Crippen molar-refractivity contribution in [1.29, 1.82) is 0 Å². The SMILES string of the molecule is Cc1nnc(NCC2CCN(c3cccc(Cl)c3)C2)s1. The van der Waals surface area contributed by atoms with Crippen molar-refractivity contribution < 1.29 is 0 Å². The molecule has 1 unspecified atom stereocenters. The van der Waals surface area contributed by atoms with E-state index in [2.05, 4.69) is 26.5 Å². The van der Waals surface area contributed by atoms with E-state index in [0.29, 0.717) is 5.92 Å². The molecule has 0 saturated carbocycles. The van der Waals surface area contributed by atoms with Crippen LogP contribution < -0.4 is 10.2 Å².